The number of aryl methyl sites for hydroxylation is 1. The summed E-state index contributed by atoms with van der Waals surface area (Å²) in [4.78, 5) is 4.17. The van der Waals surface area contributed by atoms with Crippen LogP contribution in [0.15, 0.2) is 15.4 Å². The molecule has 0 aromatic carbocycles. The average Bonchev–Trinajstić information content (AvgIpc) is 3.20. The minimum atomic E-state index is -4.25. The summed E-state index contributed by atoms with van der Waals surface area (Å²) in [6.07, 6.45) is 0. The molecule has 0 aliphatic rings. The Labute approximate surface area is 192 Å². The van der Waals surface area contributed by atoms with Crippen LogP contribution in [0.5, 0.6) is 0 Å². The van der Waals surface area contributed by atoms with Gasteiger partial charge < -0.3 is 4.55 Å². The fraction of sp³-hybridized carbons (Fsp3) is 0.538. The van der Waals surface area contributed by atoms with Crippen LogP contribution in [-0.4, -0.2) is 53.6 Å². The van der Waals surface area contributed by atoms with Crippen LogP contribution in [0.1, 0.15) is 32.3 Å². The van der Waals surface area contributed by atoms with Crippen LogP contribution in [-0.2, 0) is 15.5 Å². The van der Waals surface area contributed by atoms with E-state index in [-0.39, 0.29) is 40.7 Å². The molecule has 0 fully saturated rings. The van der Waals surface area contributed by atoms with Crippen molar-refractivity contribution in [1.82, 2.24) is 29.2 Å². The molecule has 0 unspecified atom stereocenters. The Morgan fingerprint density at radius 1 is 1.29 bits per heavy atom. The molecule has 0 saturated carbocycles. The second-order valence-electron chi connectivity index (χ2n) is 6.66. The molecule has 0 spiro atoms. The summed E-state index contributed by atoms with van der Waals surface area (Å²) < 4.78 is 37.7. The normalized spacial score (nSPS) is 12.8. The monoisotopic (exact) mass is 452 g/mol. The maximum atomic E-state index is 10.6. The number of aromatic amines is 1. The van der Waals surface area contributed by atoms with E-state index in [1.165, 1.54) is 0 Å². The molecule has 15 heteroatoms. The summed E-state index contributed by atoms with van der Waals surface area (Å²) in [6, 6.07) is 0. The number of nitrogens with one attached hydrogen (secondary N) is 1. The van der Waals surface area contributed by atoms with E-state index >= 15 is 0 Å². The van der Waals surface area contributed by atoms with Gasteiger partial charge in [0.15, 0.2) is 5.69 Å². The van der Waals surface area contributed by atoms with Crippen molar-refractivity contribution in [2.45, 2.75) is 38.3 Å². The van der Waals surface area contributed by atoms with Gasteiger partial charge in [0.05, 0.1) is 15.8 Å². The largest absolute Gasteiger partial charge is 1.00 e. The van der Waals surface area contributed by atoms with Crippen molar-refractivity contribution in [3.8, 4) is 0 Å². The van der Waals surface area contributed by atoms with Crippen molar-refractivity contribution in [1.29, 1.82) is 0 Å². The Morgan fingerprint density at radius 3 is 2.64 bits per heavy atom. The van der Waals surface area contributed by atoms with E-state index in [9.17, 15) is 13.0 Å². The number of rotatable bonds is 6. The molecule has 0 aliphatic heterocycles. The zero-order valence-corrected chi connectivity index (χ0v) is 20.4. The van der Waals surface area contributed by atoms with Gasteiger partial charge in [-0.1, -0.05) is 32.5 Å². The summed E-state index contributed by atoms with van der Waals surface area (Å²) in [5.41, 5.74) is 1.79. The zero-order chi connectivity index (χ0) is 19.8. The Hall–Kier alpha value is -0.900. The summed E-state index contributed by atoms with van der Waals surface area (Å²) in [7, 11) is -4.25. The van der Waals surface area contributed by atoms with Gasteiger partial charge in [0.1, 0.15) is 5.82 Å². The number of aromatic nitrogens is 6. The number of hydrogen-bond donors (Lipinski definition) is 1. The molecule has 0 radical (unpaired) electrons. The van der Waals surface area contributed by atoms with Crippen molar-refractivity contribution in [2.24, 2.45) is 10.2 Å². The molecule has 3 heterocycles. The number of nitrogens with zero attached hydrogens (tertiary/aromatic N) is 7. The minimum Gasteiger partial charge on any atom is -0.748 e. The van der Waals surface area contributed by atoms with Gasteiger partial charge in [-0.2, -0.15) is 9.36 Å². The molecule has 3 aromatic heterocycles. The predicted octanol–water partition coefficient (Wildman–Crippen LogP) is -0.428. The molecule has 0 saturated heterocycles. The van der Waals surface area contributed by atoms with Gasteiger partial charge in [-0.05, 0) is 6.92 Å². The van der Waals surface area contributed by atoms with Gasteiger partial charge in [-0.3, -0.25) is 5.10 Å². The van der Waals surface area contributed by atoms with E-state index in [0.717, 1.165) is 29.0 Å². The van der Waals surface area contributed by atoms with Crippen LogP contribution in [0.2, 0.25) is 0 Å². The van der Waals surface area contributed by atoms with E-state index < -0.39 is 15.9 Å². The molecule has 0 bridgehead atoms. The van der Waals surface area contributed by atoms with Crippen LogP contribution < -0.4 is 29.6 Å². The summed E-state index contributed by atoms with van der Waals surface area (Å²) in [6.45, 7) is 7.97. The van der Waals surface area contributed by atoms with E-state index in [1.807, 2.05) is 27.7 Å². The molecule has 0 amide bonds. The van der Waals surface area contributed by atoms with Gasteiger partial charge in [0, 0.05) is 28.5 Å². The third kappa shape index (κ3) is 5.58. The van der Waals surface area contributed by atoms with E-state index in [4.69, 9.17) is 0 Å². The van der Waals surface area contributed by atoms with Crippen LogP contribution in [0.4, 0.5) is 10.8 Å². The Bertz CT molecular complexity index is 1100. The Morgan fingerprint density at radius 2 is 2.00 bits per heavy atom. The summed E-state index contributed by atoms with van der Waals surface area (Å²) in [5, 5.41) is 20.5. The molecular weight excluding hydrogens is 435 g/mol. The third-order valence-electron chi connectivity index (χ3n) is 3.44. The van der Waals surface area contributed by atoms with Crippen molar-refractivity contribution in [3.63, 3.8) is 0 Å². The van der Waals surface area contributed by atoms with Crippen LogP contribution >= 0.6 is 23.3 Å². The first-order valence-electron chi connectivity index (χ1n) is 7.80. The van der Waals surface area contributed by atoms with Crippen molar-refractivity contribution in [2.75, 3.05) is 11.5 Å². The molecule has 3 aromatic rings. The van der Waals surface area contributed by atoms with Gasteiger partial charge in [0.2, 0.25) is 15.9 Å². The first-order valence-corrected chi connectivity index (χ1v) is 11.1. The van der Waals surface area contributed by atoms with Crippen LogP contribution in [0.3, 0.4) is 0 Å². The third-order valence-corrected chi connectivity index (χ3v) is 5.97. The van der Waals surface area contributed by atoms with Crippen molar-refractivity contribution in [3.05, 3.63) is 11.5 Å². The summed E-state index contributed by atoms with van der Waals surface area (Å²) >= 11 is 2.11. The topological polar surface area (TPSA) is 154 Å². The van der Waals surface area contributed by atoms with E-state index in [2.05, 4.69) is 34.9 Å². The fourth-order valence-corrected chi connectivity index (χ4v) is 4.44. The van der Waals surface area contributed by atoms with Crippen molar-refractivity contribution < 1.29 is 42.5 Å². The van der Waals surface area contributed by atoms with Gasteiger partial charge >= 0.3 is 29.6 Å². The maximum Gasteiger partial charge on any atom is 1.00 e. The first-order chi connectivity index (χ1) is 12.5. The second-order valence-corrected chi connectivity index (χ2v) is 9.98. The van der Waals surface area contributed by atoms with Crippen LogP contribution in [0.25, 0.3) is 5.65 Å². The summed E-state index contributed by atoms with van der Waals surface area (Å²) in [5.74, 6) is 0.320. The molecule has 11 nitrogen and oxygen atoms in total. The Balaban J connectivity index is 0.00000280. The smallest absolute Gasteiger partial charge is 0.748 e. The molecule has 0 atom stereocenters. The average molecular weight is 453 g/mol. The van der Waals surface area contributed by atoms with Crippen molar-refractivity contribution >= 4 is 49.9 Å². The minimum absolute atomic E-state index is 0. The van der Waals surface area contributed by atoms with E-state index in [0.29, 0.717) is 27.4 Å². The van der Waals surface area contributed by atoms with Gasteiger partial charge in [-0.25, -0.2) is 12.9 Å². The number of azo groups is 1. The predicted molar refractivity (Wildman–Crippen MR) is 100 cm³/mol. The van der Waals surface area contributed by atoms with Crippen LogP contribution in [0, 0.1) is 6.92 Å². The van der Waals surface area contributed by atoms with E-state index in [1.54, 1.807) is 4.52 Å². The Kier molecular flexibility index (Phi) is 7.39. The number of hydrogen-bond acceptors (Lipinski definition) is 11. The maximum absolute atomic E-state index is 10.6. The number of fused-ring (bicyclic) bond motifs is 1. The molecule has 0 aliphatic carbocycles. The number of thioether (sulfide) groups is 1. The first kappa shape index (κ1) is 23.4. The SMILES string of the molecule is Cc1nnc2c(N=Nc3nc(SCCS(=O)(=O)[O-])ns3)c(C(C)(C)C)[nH]n12.[Na+]. The van der Waals surface area contributed by atoms with Gasteiger partial charge in [0.25, 0.3) is 0 Å². The zero-order valence-electron chi connectivity index (χ0n) is 16.0. The molecule has 3 rings (SSSR count). The second kappa shape index (κ2) is 8.85. The molecule has 1 N–H and O–H groups in total. The molecule has 28 heavy (non-hydrogen) atoms. The molecule has 146 valence electrons. The quantitative estimate of drug-likeness (QED) is 0.229. The van der Waals surface area contributed by atoms with Gasteiger partial charge in [-0.15, -0.1) is 20.4 Å². The fourth-order valence-electron chi connectivity index (χ4n) is 2.17. The number of H-pyrrole nitrogens is 1. The molecular formula is C13H17N8NaO3S3. The standard InChI is InChI=1S/C13H18N8O3S3.Na/c1-7-15-17-10-8(9(13(2,3)4)19-21(7)10)16-18-11-14-12(20-26-11)25-5-6-27(22,23)24;/h19H,5-6H2,1-4H3,(H,22,23,24);/q;+1/p-1.